The zero-order valence-electron chi connectivity index (χ0n) is 17.7. The number of aliphatic hydroxyl groups excluding tert-OH is 2. The normalized spacial score (nSPS) is 47.6. The molecule has 0 unspecified atom stereocenters. The summed E-state index contributed by atoms with van der Waals surface area (Å²) >= 11 is 0. The molecule has 8 atom stereocenters. The van der Waals surface area contributed by atoms with Gasteiger partial charge in [-0.05, 0) is 106 Å². The lowest BCUT2D eigenvalue weighted by Gasteiger charge is -2.58. The third-order valence-corrected chi connectivity index (χ3v) is 9.56. The van der Waals surface area contributed by atoms with E-state index in [0.29, 0.717) is 16.9 Å². The van der Waals surface area contributed by atoms with Crippen molar-refractivity contribution in [3.63, 3.8) is 0 Å². The van der Waals surface area contributed by atoms with Gasteiger partial charge in [0.2, 0.25) is 0 Å². The molecule has 3 saturated carbocycles. The van der Waals surface area contributed by atoms with Crippen molar-refractivity contribution < 1.29 is 10.2 Å². The van der Waals surface area contributed by atoms with E-state index in [-0.39, 0.29) is 12.7 Å². The quantitative estimate of drug-likeness (QED) is 0.496. The van der Waals surface area contributed by atoms with E-state index >= 15 is 0 Å². The highest BCUT2D eigenvalue weighted by Crippen LogP contribution is 2.66. The monoisotopic (exact) mass is 375 g/mol. The van der Waals surface area contributed by atoms with Gasteiger partial charge >= 0.3 is 0 Å². The molecular weight excluding hydrogens is 334 g/mol. The van der Waals surface area contributed by atoms with Gasteiger partial charge in [-0.15, -0.1) is 0 Å². The van der Waals surface area contributed by atoms with Crippen molar-refractivity contribution in [2.45, 2.75) is 90.7 Å². The van der Waals surface area contributed by atoms with Crippen LogP contribution < -0.4 is 5.32 Å². The Morgan fingerprint density at radius 2 is 1.96 bits per heavy atom. The van der Waals surface area contributed by atoms with Crippen molar-refractivity contribution in [2.24, 2.45) is 34.5 Å². The molecule has 0 spiro atoms. The van der Waals surface area contributed by atoms with E-state index < -0.39 is 0 Å². The van der Waals surface area contributed by atoms with Gasteiger partial charge in [-0.2, -0.15) is 0 Å². The van der Waals surface area contributed by atoms with Crippen molar-refractivity contribution in [1.29, 1.82) is 0 Å². The van der Waals surface area contributed by atoms with E-state index in [1.54, 1.807) is 5.57 Å². The smallest absolute Gasteiger partial charge is 0.0577 e. The first-order chi connectivity index (χ1) is 12.9. The van der Waals surface area contributed by atoms with Gasteiger partial charge < -0.3 is 15.5 Å². The molecule has 27 heavy (non-hydrogen) atoms. The van der Waals surface area contributed by atoms with Gasteiger partial charge in [0.1, 0.15) is 0 Å². The van der Waals surface area contributed by atoms with Crippen LogP contribution in [0, 0.1) is 34.5 Å². The first kappa shape index (κ1) is 19.9. The zero-order valence-corrected chi connectivity index (χ0v) is 17.7. The van der Waals surface area contributed by atoms with Crippen LogP contribution >= 0.6 is 0 Å². The van der Waals surface area contributed by atoms with Crippen LogP contribution in [-0.4, -0.2) is 35.5 Å². The summed E-state index contributed by atoms with van der Waals surface area (Å²) in [5.41, 5.74) is 2.41. The van der Waals surface area contributed by atoms with E-state index in [4.69, 9.17) is 5.11 Å². The Bertz CT molecular complexity index is 575. The maximum absolute atomic E-state index is 10.2. The highest BCUT2D eigenvalue weighted by atomic mass is 16.3. The van der Waals surface area contributed by atoms with E-state index in [2.05, 4.69) is 32.2 Å². The number of rotatable bonds is 5. The summed E-state index contributed by atoms with van der Waals surface area (Å²) < 4.78 is 0. The number of hydrogen-bond donors (Lipinski definition) is 3. The fraction of sp³-hybridized carbons (Fsp3) is 0.917. The summed E-state index contributed by atoms with van der Waals surface area (Å²) in [6.45, 7) is 8.73. The molecule has 0 aromatic carbocycles. The lowest BCUT2D eigenvalue weighted by atomic mass is 9.47. The highest BCUT2D eigenvalue weighted by molar-refractivity contribution is 5.25. The minimum absolute atomic E-state index is 0.101. The summed E-state index contributed by atoms with van der Waals surface area (Å²) in [5, 5.41) is 23.0. The second-order valence-electron chi connectivity index (χ2n) is 10.7. The Hall–Kier alpha value is -0.380. The first-order valence-corrected chi connectivity index (χ1v) is 11.6. The minimum Gasteiger partial charge on any atom is -0.396 e. The molecule has 0 aromatic heterocycles. The third-order valence-electron chi connectivity index (χ3n) is 9.56. The number of allylic oxidation sites excluding steroid dienone is 1. The molecule has 4 rings (SSSR count). The second-order valence-corrected chi connectivity index (χ2v) is 10.7. The summed E-state index contributed by atoms with van der Waals surface area (Å²) in [6.07, 6.45) is 13.2. The molecule has 0 amide bonds. The van der Waals surface area contributed by atoms with Crippen LogP contribution in [0.1, 0.15) is 78.6 Å². The van der Waals surface area contributed by atoms with Crippen LogP contribution in [0.25, 0.3) is 0 Å². The standard InChI is InChI=1S/C24H41NO2/c1-16(25-13-4-14-26)20-7-8-21-19-6-5-17-15-18(27)9-11-23(17,2)22(19)10-12-24(20,21)3/h5,16,18-22,25-27H,4,6-15H2,1-3H3/t16-,18+,19+,20-,21+,22+,23+,24-/m1/s1. The van der Waals surface area contributed by atoms with Crippen LogP contribution in [0.2, 0.25) is 0 Å². The Morgan fingerprint density at radius 1 is 1.15 bits per heavy atom. The molecule has 4 aliphatic rings. The maximum atomic E-state index is 10.2. The van der Waals surface area contributed by atoms with Crippen molar-refractivity contribution in [1.82, 2.24) is 5.32 Å². The van der Waals surface area contributed by atoms with Gasteiger partial charge in [0.05, 0.1) is 6.10 Å². The van der Waals surface area contributed by atoms with E-state index in [0.717, 1.165) is 49.5 Å². The molecule has 3 fully saturated rings. The number of aliphatic hydroxyl groups is 2. The van der Waals surface area contributed by atoms with Crippen LogP contribution in [0.4, 0.5) is 0 Å². The van der Waals surface area contributed by atoms with Crippen molar-refractivity contribution in [2.75, 3.05) is 13.2 Å². The summed E-state index contributed by atoms with van der Waals surface area (Å²) in [4.78, 5) is 0. The summed E-state index contributed by atoms with van der Waals surface area (Å²) in [7, 11) is 0. The Balaban J connectivity index is 1.52. The Labute approximate surface area is 166 Å². The van der Waals surface area contributed by atoms with Crippen molar-refractivity contribution >= 4 is 0 Å². The third kappa shape index (κ3) is 3.22. The Morgan fingerprint density at radius 3 is 2.74 bits per heavy atom. The van der Waals surface area contributed by atoms with Crippen molar-refractivity contribution in [3.05, 3.63) is 11.6 Å². The van der Waals surface area contributed by atoms with E-state index in [1.165, 1.54) is 38.5 Å². The molecule has 0 aliphatic heterocycles. The van der Waals surface area contributed by atoms with Crippen LogP contribution in [0.5, 0.6) is 0 Å². The largest absolute Gasteiger partial charge is 0.396 e. The predicted molar refractivity (Wildman–Crippen MR) is 110 cm³/mol. The van der Waals surface area contributed by atoms with E-state index in [9.17, 15) is 5.11 Å². The van der Waals surface area contributed by atoms with Gasteiger partial charge in [-0.3, -0.25) is 0 Å². The topological polar surface area (TPSA) is 52.5 Å². The minimum atomic E-state index is -0.101. The lowest BCUT2D eigenvalue weighted by molar-refractivity contribution is -0.0535. The van der Waals surface area contributed by atoms with Gasteiger partial charge in [-0.1, -0.05) is 25.5 Å². The van der Waals surface area contributed by atoms with Crippen LogP contribution in [0.15, 0.2) is 11.6 Å². The SMILES string of the molecule is C[C@@H](NCCCO)[C@H]1CC[C@H]2[C@@H]3CC=C4C[C@@H](O)CC[C@]4(C)[C@H]3CC[C@]12C. The van der Waals surface area contributed by atoms with Gasteiger partial charge in [0.15, 0.2) is 0 Å². The maximum Gasteiger partial charge on any atom is 0.0577 e. The first-order valence-electron chi connectivity index (χ1n) is 11.6. The average molecular weight is 376 g/mol. The molecule has 154 valence electrons. The molecule has 4 aliphatic carbocycles. The van der Waals surface area contributed by atoms with E-state index in [1.807, 2.05) is 0 Å². The molecule has 0 bridgehead atoms. The number of nitrogens with one attached hydrogen (secondary N) is 1. The number of hydrogen-bond acceptors (Lipinski definition) is 3. The van der Waals surface area contributed by atoms with Gasteiger partial charge in [0, 0.05) is 12.6 Å². The summed E-state index contributed by atoms with van der Waals surface area (Å²) in [6, 6.07) is 0.554. The fourth-order valence-electron chi connectivity index (χ4n) is 8.05. The van der Waals surface area contributed by atoms with Crippen LogP contribution in [0.3, 0.4) is 0 Å². The van der Waals surface area contributed by atoms with Crippen LogP contribution in [-0.2, 0) is 0 Å². The average Bonchev–Trinajstić information content (AvgIpc) is 3.00. The molecule has 3 N–H and O–H groups in total. The zero-order chi connectivity index (χ0) is 19.2. The molecule has 3 nitrogen and oxygen atoms in total. The predicted octanol–water partition coefficient (Wildman–Crippen LogP) is 4.29. The molecule has 0 heterocycles. The molecular formula is C24H41NO2. The summed E-state index contributed by atoms with van der Waals surface area (Å²) in [5.74, 6) is 3.32. The molecule has 0 aromatic rings. The lowest BCUT2D eigenvalue weighted by Crippen LogP contribution is -2.52. The molecule has 0 radical (unpaired) electrons. The van der Waals surface area contributed by atoms with Gasteiger partial charge in [0.25, 0.3) is 0 Å². The second kappa shape index (κ2) is 7.46. The molecule has 0 saturated heterocycles. The van der Waals surface area contributed by atoms with Crippen molar-refractivity contribution in [3.8, 4) is 0 Å². The van der Waals surface area contributed by atoms with Gasteiger partial charge in [-0.25, -0.2) is 0 Å². The molecule has 3 heteroatoms. The Kier molecular flexibility index (Phi) is 5.50. The number of fused-ring (bicyclic) bond motifs is 5. The highest BCUT2D eigenvalue weighted by Gasteiger charge is 2.59. The fourth-order valence-corrected chi connectivity index (χ4v) is 8.05.